The lowest BCUT2D eigenvalue weighted by atomic mass is 10.3. The third-order valence-electron chi connectivity index (χ3n) is 1.01. The fourth-order valence-corrected chi connectivity index (χ4v) is 0.541. The van der Waals surface area contributed by atoms with E-state index in [9.17, 15) is 9.18 Å². The van der Waals surface area contributed by atoms with Crippen molar-refractivity contribution in [3.8, 4) is 0 Å². The van der Waals surface area contributed by atoms with Gasteiger partial charge in [0.2, 0.25) is 0 Å². The Morgan fingerprint density at radius 1 is 1.22 bits per heavy atom. The first-order chi connectivity index (χ1) is 4.33. The Morgan fingerprint density at radius 2 is 1.78 bits per heavy atom. The highest BCUT2D eigenvalue weighted by atomic mass is 19.1. The van der Waals surface area contributed by atoms with Crippen LogP contribution < -0.4 is 0 Å². The maximum Gasteiger partial charge on any atom is 0.150 e. The van der Waals surface area contributed by atoms with Crippen molar-refractivity contribution < 1.29 is 9.18 Å². The molecule has 9 heavy (non-hydrogen) atoms. The average molecular weight is 126 g/mol. The van der Waals surface area contributed by atoms with Crippen LogP contribution in [0.2, 0.25) is 0 Å². The minimum Gasteiger partial charge on any atom is -0.298 e. The molecule has 0 saturated carbocycles. The average Bonchev–Trinajstić information content (AvgIpc) is 1.90. The Bertz CT molecular complexity index is 203. The Balaban J connectivity index is 3.01. The number of halogens is 1. The van der Waals surface area contributed by atoms with Crippen molar-refractivity contribution in [2.45, 2.75) is 0 Å². The molecule has 2 heteroatoms. The maximum absolute atomic E-state index is 12.1. The van der Waals surface area contributed by atoms with Gasteiger partial charge in [-0.25, -0.2) is 4.39 Å². The SMILES string of the molecule is O=[14CH]c1ccc(F)cc1. The normalized spacial score (nSPS) is 9.00. The molecule has 46 valence electrons. The van der Waals surface area contributed by atoms with Crippen LogP contribution in [0.1, 0.15) is 10.4 Å². The van der Waals surface area contributed by atoms with Crippen LogP contribution in [0.4, 0.5) is 4.39 Å². The van der Waals surface area contributed by atoms with Gasteiger partial charge < -0.3 is 0 Å². The Morgan fingerprint density at radius 3 is 2.22 bits per heavy atom. The zero-order chi connectivity index (χ0) is 6.69. The van der Waals surface area contributed by atoms with Crippen LogP contribution in [0, 0.1) is 5.82 Å². The maximum atomic E-state index is 12.1. The number of hydrogen-bond acceptors (Lipinski definition) is 1. The van der Waals surface area contributed by atoms with Crippen LogP contribution in [-0.2, 0) is 0 Å². The molecule has 1 aromatic carbocycles. The quantitative estimate of drug-likeness (QED) is 0.523. The van der Waals surface area contributed by atoms with Crippen molar-refractivity contribution in [3.63, 3.8) is 0 Å². The van der Waals surface area contributed by atoms with Gasteiger partial charge in [-0.2, -0.15) is 0 Å². The number of hydrogen-bond donors (Lipinski definition) is 0. The zero-order valence-corrected chi connectivity index (χ0v) is 4.67. The van der Waals surface area contributed by atoms with E-state index < -0.39 is 0 Å². The summed E-state index contributed by atoms with van der Waals surface area (Å²) in [5, 5.41) is 0. The minimum absolute atomic E-state index is 0.319. The highest BCUT2D eigenvalue weighted by Gasteiger charge is 1.87. The summed E-state index contributed by atoms with van der Waals surface area (Å²) in [6, 6.07) is 5.37. The van der Waals surface area contributed by atoms with Crippen molar-refractivity contribution in [1.82, 2.24) is 0 Å². The van der Waals surface area contributed by atoms with E-state index in [1.165, 1.54) is 24.3 Å². The first-order valence-corrected chi connectivity index (χ1v) is 2.53. The highest BCUT2D eigenvalue weighted by Crippen LogP contribution is 1.98. The van der Waals surface area contributed by atoms with Crippen LogP contribution in [-0.4, -0.2) is 6.29 Å². The van der Waals surface area contributed by atoms with Crippen molar-refractivity contribution >= 4 is 6.29 Å². The third kappa shape index (κ3) is 1.35. The van der Waals surface area contributed by atoms with Gasteiger partial charge in [0.1, 0.15) is 12.1 Å². The molecule has 1 aromatic rings. The molecule has 0 aliphatic rings. The van der Waals surface area contributed by atoms with E-state index in [4.69, 9.17) is 0 Å². The highest BCUT2D eigenvalue weighted by molar-refractivity contribution is 5.74. The molecular weight excluding hydrogens is 121 g/mol. The molecule has 1 rings (SSSR count). The largest absolute Gasteiger partial charge is 0.298 e. The van der Waals surface area contributed by atoms with E-state index in [1.54, 1.807) is 0 Å². The van der Waals surface area contributed by atoms with Crippen LogP contribution in [0.15, 0.2) is 24.3 Å². The van der Waals surface area contributed by atoms with Crippen LogP contribution in [0.3, 0.4) is 0 Å². The van der Waals surface area contributed by atoms with E-state index in [1.807, 2.05) is 0 Å². The van der Waals surface area contributed by atoms with E-state index in [2.05, 4.69) is 0 Å². The first-order valence-electron chi connectivity index (χ1n) is 2.53. The summed E-state index contributed by atoms with van der Waals surface area (Å²) in [4.78, 5) is 10.00. The summed E-state index contributed by atoms with van der Waals surface area (Å²) in [5.74, 6) is -0.319. The topological polar surface area (TPSA) is 17.1 Å². The second-order valence-corrected chi connectivity index (χ2v) is 1.67. The summed E-state index contributed by atoms with van der Waals surface area (Å²) < 4.78 is 12.1. The molecule has 0 N–H and O–H groups in total. The summed E-state index contributed by atoms with van der Waals surface area (Å²) in [7, 11) is 0. The van der Waals surface area contributed by atoms with E-state index in [0.717, 1.165) is 0 Å². The predicted octanol–water partition coefficient (Wildman–Crippen LogP) is 1.64. The van der Waals surface area contributed by atoms with Gasteiger partial charge in [-0.15, -0.1) is 0 Å². The van der Waals surface area contributed by atoms with Gasteiger partial charge in [-0.05, 0) is 24.3 Å². The number of benzene rings is 1. The molecule has 0 fully saturated rings. The molecule has 0 radical (unpaired) electrons. The Hall–Kier alpha value is -1.18. The van der Waals surface area contributed by atoms with Crippen molar-refractivity contribution in [2.75, 3.05) is 0 Å². The zero-order valence-electron chi connectivity index (χ0n) is 4.67. The van der Waals surface area contributed by atoms with Crippen LogP contribution in [0.5, 0.6) is 0 Å². The van der Waals surface area contributed by atoms with Gasteiger partial charge in [0.15, 0.2) is 0 Å². The third-order valence-corrected chi connectivity index (χ3v) is 1.01. The summed E-state index contributed by atoms with van der Waals surface area (Å²) in [5.41, 5.74) is 0.497. The molecule has 0 unspecified atom stereocenters. The minimum atomic E-state index is -0.319. The standard InChI is InChI=1S/C7H5FO/c8-7-3-1-6(5-9)2-4-7/h1-5H/i5+2. The molecule has 0 amide bonds. The fraction of sp³-hybridized carbons (Fsp3) is 0. The molecular formula is C7H5FO. The second-order valence-electron chi connectivity index (χ2n) is 1.67. The van der Waals surface area contributed by atoms with E-state index >= 15 is 0 Å². The van der Waals surface area contributed by atoms with Gasteiger partial charge in [0, 0.05) is 5.56 Å². The molecule has 0 spiro atoms. The lowest BCUT2D eigenvalue weighted by Gasteiger charge is -1.86. The number of carbonyl (C=O) groups is 1. The van der Waals surface area contributed by atoms with Crippen molar-refractivity contribution in [3.05, 3.63) is 35.6 Å². The Kier molecular flexibility index (Phi) is 1.58. The predicted molar refractivity (Wildman–Crippen MR) is 31.8 cm³/mol. The number of aldehydes is 1. The van der Waals surface area contributed by atoms with Gasteiger partial charge in [0.25, 0.3) is 0 Å². The lowest BCUT2D eigenvalue weighted by Crippen LogP contribution is -1.77. The smallest absolute Gasteiger partial charge is 0.150 e. The molecule has 0 bridgehead atoms. The van der Waals surface area contributed by atoms with Gasteiger partial charge >= 0.3 is 0 Å². The monoisotopic (exact) mass is 126 g/mol. The second kappa shape index (κ2) is 2.40. The van der Waals surface area contributed by atoms with Crippen LogP contribution in [0.25, 0.3) is 0 Å². The molecule has 0 saturated heterocycles. The van der Waals surface area contributed by atoms with E-state index in [0.29, 0.717) is 11.8 Å². The van der Waals surface area contributed by atoms with E-state index in [-0.39, 0.29) is 5.82 Å². The molecule has 0 aliphatic heterocycles. The summed E-state index contributed by atoms with van der Waals surface area (Å²) in [6.07, 6.45) is 0.680. The Labute approximate surface area is 52.1 Å². The van der Waals surface area contributed by atoms with Gasteiger partial charge in [0.05, 0.1) is 0 Å². The number of rotatable bonds is 1. The first kappa shape index (κ1) is 5.95. The molecule has 0 heterocycles. The molecule has 0 atom stereocenters. The molecule has 1 nitrogen and oxygen atoms in total. The summed E-state index contributed by atoms with van der Waals surface area (Å²) in [6.45, 7) is 0. The fourth-order valence-electron chi connectivity index (χ4n) is 0.541. The molecule has 0 aromatic heterocycles. The van der Waals surface area contributed by atoms with Crippen molar-refractivity contribution in [1.29, 1.82) is 0 Å². The lowest BCUT2D eigenvalue weighted by molar-refractivity contribution is 0.112. The van der Waals surface area contributed by atoms with Crippen molar-refractivity contribution in [2.24, 2.45) is 0 Å². The van der Waals surface area contributed by atoms with Gasteiger partial charge in [-0.1, -0.05) is 0 Å². The summed E-state index contributed by atoms with van der Waals surface area (Å²) >= 11 is 0. The number of carbonyl (C=O) groups excluding carboxylic acids is 1. The van der Waals surface area contributed by atoms with Gasteiger partial charge in [-0.3, -0.25) is 4.79 Å². The molecule has 0 aliphatic carbocycles. The van der Waals surface area contributed by atoms with Crippen LogP contribution >= 0.6 is 0 Å².